The Morgan fingerprint density at radius 3 is 2.35 bits per heavy atom. The van der Waals surface area contributed by atoms with E-state index in [-0.39, 0.29) is 11.7 Å². The molecule has 1 aliphatic rings. The Kier molecular flexibility index (Phi) is 6.96. The molecule has 1 fully saturated rings. The number of hydrogen-bond donors (Lipinski definition) is 0. The van der Waals surface area contributed by atoms with Gasteiger partial charge in [0.2, 0.25) is 0 Å². The van der Waals surface area contributed by atoms with Gasteiger partial charge in [-0.15, -0.1) is 0 Å². The van der Waals surface area contributed by atoms with Crippen molar-refractivity contribution in [2.24, 2.45) is 0 Å². The first-order valence-corrected chi connectivity index (χ1v) is 7.44. The van der Waals surface area contributed by atoms with E-state index >= 15 is 0 Å². The lowest BCUT2D eigenvalue weighted by molar-refractivity contribution is -0.0442. The van der Waals surface area contributed by atoms with Crippen LogP contribution in [0.1, 0.15) is 45.1 Å². The zero-order valence-corrected chi connectivity index (χ0v) is 13.8. The van der Waals surface area contributed by atoms with E-state index in [4.69, 9.17) is 25.8 Å². The number of ether oxygens (including phenoxy) is 3. The molecular formula is C16H25ClO3. The predicted octanol–water partition coefficient (Wildman–Crippen LogP) is 4.34. The first-order valence-electron chi connectivity index (χ1n) is 7.06. The molecule has 1 heterocycles. The van der Waals surface area contributed by atoms with Crippen LogP contribution < -0.4 is 0 Å². The summed E-state index contributed by atoms with van der Waals surface area (Å²) in [5.74, 6) is 0. The second-order valence-electron chi connectivity index (χ2n) is 5.16. The van der Waals surface area contributed by atoms with E-state index in [0.29, 0.717) is 24.8 Å². The molecule has 1 saturated heterocycles. The van der Waals surface area contributed by atoms with Gasteiger partial charge in [0.1, 0.15) is 0 Å². The second-order valence-corrected chi connectivity index (χ2v) is 5.60. The van der Waals surface area contributed by atoms with Gasteiger partial charge in [0, 0.05) is 23.1 Å². The minimum Gasteiger partial charge on any atom is -0.384 e. The fourth-order valence-corrected chi connectivity index (χ4v) is 2.38. The highest BCUT2D eigenvalue weighted by Gasteiger charge is 2.25. The summed E-state index contributed by atoms with van der Waals surface area (Å²) < 4.78 is 16.3. The minimum absolute atomic E-state index is 0.0903. The summed E-state index contributed by atoms with van der Waals surface area (Å²) in [5, 5.41) is 0.700. The van der Waals surface area contributed by atoms with Crippen LogP contribution >= 0.6 is 11.6 Å². The van der Waals surface area contributed by atoms with E-state index in [1.54, 1.807) is 7.11 Å². The van der Waals surface area contributed by atoms with Crippen molar-refractivity contribution in [1.82, 2.24) is 0 Å². The zero-order valence-electron chi connectivity index (χ0n) is 13.0. The van der Waals surface area contributed by atoms with Crippen LogP contribution in [0, 0.1) is 0 Å². The number of benzene rings is 1. The average molecular weight is 301 g/mol. The van der Waals surface area contributed by atoms with Crippen molar-refractivity contribution in [3.8, 4) is 0 Å². The molecule has 20 heavy (non-hydrogen) atoms. The van der Waals surface area contributed by atoms with Crippen molar-refractivity contribution in [2.75, 3.05) is 26.9 Å². The molecule has 0 amide bonds. The topological polar surface area (TPSA) is 27.7 Å². The smallest absolute Gasteiger partial charge is 0.184 e. The van der Waals surface area contributed by atoms with Gasteiger partial charge in [0.15, 0.2) is 6.29 Å². The third-order valence-electron chi connectivity index (χ3n) is 3.10. The summed E-state index contributed by atoms with van der Waals surface area (Å²) in [6.45, 7) is 10.2. The summed E-state index contributed by atoms with van der Waals surface area (Å²) in [6.07, 6.45) is -0.291. The van der Waals surface area contributed by atoms with Crippen LogP contribution in [0.3, 0.4) is 0 Å². The quantitative estimate of drug-likeness (QED) is 0.828. The molecule has 0 unspecified atom stereocenters. The van der Waals surface area contributed by atoms with Gasteiger partial charge in [-0.3, -0.25) is 0 Å². The molecule has 1 aromatic carbocycles. The van der Waals surface area contributed by atoms with E-state index in [1.165, 1.54) is 0 Å². The summed E-state index contributed by atoms with van der Waals surface area (Å²) in [4.78, 5) is 0. The molecule has 0 N–H and O–H groups in total. The van der Waals surface area contributed by atoms with Crippen LogP contribution in [-0.2, 0) is 19.6 Å². The first kappa shape index (κ1) is 17.4. The fraction of sp³-hybridized carbons (Fsp3) is 0.625. The third-order valence-corrected chi connectivity index (χ3v) is 3.32. The maximum atomic E-state index is 6.18. The van der Waals surface area contributed by atoms with Gasteiger partial charge in [0.05, 0.1) is 19.8 Å². The van der Waals surface area contributed by atoms with Crippen LogP contribution in [0.15, 0.2) is 18.2 Å². The fourth-order valence-electron chi connectivity index (χ4n) is 2.13. The van der Waals surface area contributed by atoms with Gasteiger partial charge in [0.25, 0.3) is 0 Å². The van der Waals surface area contributed by atoms with E-state index in [2.05, 4.69) is 19.9 Å². The molecule has 1 aliphatic heterocycles. The SMILES string of the molecule is CC.COCC(C)(C)c1cc(Cl)cc(C2OCCO2)c1. The number of methoxy groups -OCH3 is 1. The minimum atomic E-state index is -0.291. The molecule has 1 aromatic rings. The van der Waals surface area contributed by atoms with Crippen molar-refractivity contribution in [1.29, 1.82) is 0 Å². The highest BCUT2D eigenvalue weighted by molar-refractivity contribution is 6.30. The Balaban J connectivity index is 0.000000956. The van der Waals surface area contributed by atoms with Crippen LogP contribution in [-0.4, -0.2) is 26.9 Å². The molecule has 0 aliphatic carbocycles. The predicted molar refractivity (Wildman–Crippen MR) is 82.3 cm³/mol. The van der Waals surface area contributed by atoms with Crippen molar-refractivity contribution in [2.45, 2.75) is 39.4 Å². The van der Waals surface area contributed by atoms with Crippen LogP contribution in [0.5, 0.6) is 0 Å². The molecule has 3 nitrogen and oxygen atoms in total. The molecule has 0 aromatic heterocycles. The number of rotatable bonds is 4. The lowest BCUT2D eigenvalue weighted by atomic mass is 9.84. The monoisotopic (exact) mass is 300 g/mol. The van der Waals surface area contributed by atoms with Gasteiger partial charge in [-0.25, -0.2) is 0 Å². The molecule has 0 spiro atoms. The van der Waals surface area contributed by atoms with Gasteiger partial charge in [-0.2, -0.15) is 0 Å². The van der Waals surface area contributed by atoms with Crippen molar-refractivity contribution < 1.29 is 14.2 Å². The zero-order chi connectivity index (χ0) is 15.2. The largest absolute Gasteiger partial charge is 0.384 e. The molecule has 0 atom stereocenters. The maximum absolute atomic E-state index is 6.18. The highest BCUT2D eigenvalue weighted by Crippen LogP contribution is 2.32. The average Bonchev–Trinajstić information content (AvgIpc) is 2.94. The second kappa shape index (κ2) is 7.99. The lowest BCUT2D eigenvalue weighted by Crippen LogP contribution is -2.24. The Labute approximate surface area is 127 Å². The standard InChI is InChI=1S/C14H19ClO3.C2H6/c1-14(2,9-16-3)11-6-10(7-12(15)8-11)13-17-4-5-18-13;1-2/h6-8,13H,4-5,9H2,1-3H3;1-2H3. The van der Waals surface area contributed by atoms with Crippen molar-refractivity contribution >= 4 is 11.6 Å². The van der Waals surface area contributed by atoms with E-state index in [9.17, 15) is 0 Å². The number of hydrogen-bond acceptors (Lipinski definition) is 3. The highest BCUT2D eigenvalue weighted by atomic mass is 35.5. The van der Waals surface area contributed by atoms with Gasteiger partial charge in [-0.05, 0) is 17.7 Å². The first-order chi connectivity index (χ1) is 9.53. The lowest BCUT2D eigenvalue weighted by Gasteiger charge is -2.25. The summed E-state index contributed by atoms with van der Waals surface area (Å²) in [6, 6.07) is 5.95. The van der Waals surface area contributed by atoms with E-state index in [1.807, 2.05) is 26.0 Å². The summed E-state index contributed by atoms with van der Waals surface area (Å²) in [7, 11) is 1.70. The summed E-state index contributed by atoms with van der Waals surface area (Å²) >= 11 is 6.18. The molecule has 0 saturated carbocycles. The molecule has 0 radical (unpaired) electrons. The maximum Gasteiger partial charge on any atom is 0.184 e. The van der Waals surface area contributed by atoms with Crippen molar-refractivity contribution in [3.05, 3.63) is 34.3 Å². The third kappa shape index (κ3) is 4.45. The van der Waals surface area contributed by atoms with E-state index < -0.39 is 0 Å². The molecule has 0 bridgehead atoms. The Bertz CT molecular complexity index is 412. The molecule has 2 rings (SSSR count). The van der Waals surface area contributed by atoms with Crippen molar-refractivity contribution in [3.63, 3.8) is 0 Å². The van der Waals surface area contributed by atoms with Crippen LogP contribution in [0.2, 0.25) is 5.02 Å². The van der Waals surface area contributed by atoms with E-state index in [0.717, 1.165) is 11.1 Å². The molecule has 4 heteroatoms. The van der Waals surface area contributed by atoms with Crippen LogP contribution in [0.4, 0.5) is 0 Å². The molecular weight excluding hydrogens is 276 g/mol. The van der Waals surface area contributed by atoms with Gasteiger partial charge < -0.3 is 14.2 Å². The Hall–Kier alpha value is -0.610. The number of halogens is 1. The van der Waals surface area contributed by atoms with Gasteiger partial charge >= 0.3 is 0 Å². The Morgan fingerprint density at radius 2 is 1.80 bits per heavy atom. The van der Waals surface area contributed by atoms with Gasteiger partial charge in [-0.1, -0.05) is 45.4 Å². The van der Waals surface area contributed by atoms with Crippen LogP contribution in [0.25, 0.3) is 0 Å². The summed E-state index contributed by atoms with van der Waals surface area (Å²) in [5.41, 5.74) is 2.01. The Morgan fingerprint density at radius 1 is 1.20 bits per heavy atom. The molecule has 114 valence electrons. The normalized spacial score (nSPS) is 15.9.